The Bertz CT molecular complexity index is 998. The quantitative estimate of drug-likeness (QED) is 0.546. The van der Waals surface area contributed by atoms with Crippen LogP contribution in [0.1, 0.15) is 33.7 Å². The summed E-state index contributed by atoms with van der Waals surface area (Å²) in [5.41, 5.74) is -1.66. The Labute approximate surface area is 135 Å². The fraction of sp³-hybridized carbons (Fsp3) is 0.118. The minimum Gasteiger partial charge on any atom is -0.805 e. The van der Waals surface area contributed by atoms with Gasteiger partial charge in [-0.15, -0.1) is 0 Å². The number of fused-ring (bicyclic) bond motifs is 1. The van der Waals surface area contributed by atoms with Crippen molar-refractivity contribution in [2.24, 2.45) is 0 Å². The van der Waals surface area contributed by atoms with Crippen molar-refractivity contribution in [2.45, 2.75) is 13.3 Å². The van der Waals surface area contributed by atoms with E-state index in [1.807, 2.05) is 0 Å². The van der Waals surface area contributed by atoms with Crippen molar-refractivity contribution in [3.8, 4) is 0 Å². The number of alkyl halides is 2. The normalized spacial score (nSPS) is 11.2. The Balaban J connectivity index is 2.41. The van der Waals surface area contributed by atoms with Crippen LogP contribution in [0.4, 0.5) is 8.78 Å². The van der Waals surface area contributed by atoms with Gasteiger partial charge in [0.1, 0.15) is 5.52 Å². The number of aromatic nitrogens is 2. The molecule has 5 nitrogen and oxygen atoms in total. The third kappa shape index (κ3) is 2.44. The largest absolute Gasteiger partial charge is 0.805 e. The van der Waals surface area contributed by atoms with E-state index in [1.165, 1.54) is 24.3 Å². The van der Waals surface area contributed by atoms with Crippen molar-refractivity contribution in [3.63, 3.8) is 0 Å². The van der Waals surface area contributed by atoms with Gasteiger partial charge in [-0.2, -0.15) is 0 Å². The van der Waals surface area contributed by atoms with E-state index in [-0.39, 0.29) is 25.8 Å². The number of benzene rings is 2. The summed E-state index contributed by atoms with van der Waals surface area (Å²) < 4.78 is 27.0. The fourth-order valence-electron chi connectivity index (χ4n) is 2.55. The van der Waals surface area contributed by atoms with E-state index in [1.54, 1.807) is 31.2 Å². The molecule has 0 fully saturated rings. The molecule has 2 aromatic carbocycles. The van der Waals surface area contributed by atoms with Crippen molar-refractivity contribution >= 4 is 16.8 Å². The van der Waals surface area contributed by atoms with Gasteiger partial charge >= 0.3 is 5.69 Å². The number of hydrogen-bond donors (Lipinski definition) is 0. The summed E-state index contributed by atoms with van der Waals surface area (Å²) in [5, 5.41) is 12.4. The highest BCUT2D eigenvalue weighted by atomic mass is 19.3. The first kappa shape index (κ1) is 15.8. The lowest BCUT2D eigenvalue weighted by molar-refractivity contribution is -0.468. The van der Waals surface area contributed by atoms with Gasteiger partial charge in [-0.1, -0.05) is 36.4 Å². The third-order valence-corrected chi connectivity index (χ3v) is 3.69. The van der Waals surface area contributed by atoms with Crippen molar-refractivity contribution in [1.82, 2.24) is 4.73 Å². The predicted molar refractivity (Wildman–Crippen MR) is 83.6 cm³/mol. The molecule has 0 bridgehead atoms. The first-order valence-corrected chi connectivity index (χ1v) is 7.09. The average molecular weight is 330 g/mol. The van der Waals surface area contributed by atoms with Crippen LogP contribution in [-0.2, 0) is 0 Å². The Morgan fingerprint density at radius 1 is 1.17 bits per heavy atom. The van der Waals surface area contributed by atoms with Gasteiger partial charge in [0.25, 0.3) is 17.7 Å². The van der Waals surface area contributed by atoms with Gasteiger partial charge in [0, 0.05) is 16.5 Å². The van der Waals surface area contributed by atoms with Crippen LogP contribution >= 0.6 is 0 Å². The first-order valence-electron chi connectivity index (χ1n) is 7.09. The number of aryl methyl sites for hydroxylation is 1. The molecule has 0 saturated heterocycles. The molecule has 0 N–H and O–H groups in total. The highest BCUT2D eigenvalue weighted by Crippen LogP contribution is 2.26. The van der Waals surface area contributed by atoms with Gasteiger partial charge in [0.05, 0.1) is 4.43 Å². The molecule has 3 aromatic rings. The van der Waals surface area contributed by atoms with Gasteiger partial charge in [-0.3, -0.25) is 4.79 Å². The molecular formula is C17H12F2N2O3. The molecule has 0 unspecified atom stereocenters. The van der Waals surface area contributed by atoms with Crippen LogP contribution in [0.3, 0.4) is 0 Å². The summed E-state index contributed by atoms with van der Waals surface area (Å²) >= 11 is 0. The maximum Gasteiger partial charge on any atom is 0.335 e. The van der Waals surface area contributed by atoms with E-state index in [0.717, 1.165) is 0 Å². The van der Waals surface area contributed by atoms with Crippen molar-refractivity contribution in [1.29, 1.82) is 0 Å². The number of carbonyl (C=O) groups is 1. The first-order chi connectivity index (χ1) is 11.4. The molecule has 0 atom stereocenters. The predicted octanol–water partition coefficient (Wildman–Crippen LogP) is 3.38. The van der Waals surface area contributed by atoms with E-state index in [2.05, 4.69) is 0 Å². The van der Waals surface area contributed by atoms with E-state index in [4.69, 9.17) is 0 Å². The summed E-state index contributed by atoms with van der Waals surface area (Å²) in [4.78, 5) is 25.1. The summed E-state index contributed by atoms with van der Waals surface area (Å²) in [6.45, 7) is 1.67. The minimum absolute atomic E-state index is 0.0302. The zero-order valence-electron chi connectivity index (χ0n) is 12.6. The summed E-state index contributed by atoms with van der Waals surface area (Å²) in [6.07, 6.45) is -3.27. The number of halogens is 2. The molecule has 24 heavy (non-hydrogen) atoms. The molecular weight excluding hydrogens is 318 g/mol. The molecule has 122 valence electrons. The van der Waals surface area contributed by atoms with Crippen LogP contribution in [0.25, 0.3) is 11.0 Å². The lowest BCUT2D eigenvalue weighted by Gasteiger charge is -2.18. The fourth-order valence-corrected chi connectivity index (χ4v) is 2.55. The number of ketones is 1. The van der Waals surface area contributed by atoms with E-state index >= 15 is 0 Å². The van der Waals surface area contributed by atoms with Crippen LogP contribution in [0.5, 0.6) is 0 Å². The second-order valence-corrected chi connectivity index (χ2v) is 5.31. The molecule has 0 spiro atoms. The average Bonchev–Trinajstić information content (AvgIpc) is 2.57. The Morgan fingerprint density at radius 2 is 1.83 bits per heavy atom. The van der Waals surface area contributed by atoms with Crippen molar-refractivity contribution in [2.75, 3.05) is 0 Å². The standard InChI is InChI=1S/C17H12F2N2O3/c1-10-7-8-12-13(9-10)21(24)15(17(18)19)14(20(12)23)16(22)11-5-3-2-4-6-11/h2-9,17H,1H3. The van der Waals surface area contributed by atoms with Crippen LogP contribution < -0.4 is 4.43 Å². The molecule has 0 amide bonds. The Morgan fingerprint density at radius 3 is 2.46 bits per heavy atom. The summed E-state index contributed by atoms with van der Waals surface area (Å²) in [6, 6.07) is 11.8. The number of rotatable bonds is 3. The maximum absolute atomic E-state index is 13.4. The highest BCUT2D eigenvalue weighted by molar-refractivity contribution is 6.07. The Kier molecular flexibility index (Phi) is 3.84. The molecule has 0 aliphatic heterocycles. The summed E-state index contributed by atoms with van der Waals surface area (Å²) in [7, 11) is 0. The molecule has 3 rings (SSSR count). The highest BCUT2D eigenvalue weighted by Gasteiger charge is 2.34. The number of nitrogens with zero attached hydrogens (tertiary/aromatic N) is 2. The van der Waals surface area contributed by atoms with Gasteiger partial charge in [-0.25, -0.2) is 8.78 Å². The van der Waals surface area contributed by atoms with Gasteiger partial charge in [-0.05, 0) is 18.6 Å². The zero-order chi connectivity index (χ0) is 17.4. The van der Waals surface area contributed by atoms with Crippen molar-refractivity contribution < 1.29 is 18.0 Å². The van der Waals surface area contributed by atoms with Crippen LogP contribution in [0.2, 0.25) is 0 Å². The van der Waals surface area contributed by atoms with Crippen molar-refractivity contribution in [3.05, 3.63) is 81.2 Å². The molecule has 7 heteroatoms. The zero-order valence-corrected chi connectivity index (χ0v) is 12.6. The number of hydrogen-bond acceptors (Lipinski definition) is 3. The summed E-state index contributed by atoms with van der Waals surface area (Å²) in [5.74, 6) is -0.923. The van der Waals surface area contributed by atoms with E-state index in [9.17, 15) is 23.7 Å². The van der Waals surface area contributed by atoms with Crippen LogP contribution in [0.15, 0.2) is 48.5 Å². The number of carbonyl (C=O) groups excluding carboxylic acids is 1. The monoisotopic (exact) mass is 330 g/mol. The molecule has 0 saturated carbocycles. The SMILES string of the molecule is Cc1ccc2c(c1)n([O-])c(C(F)F)c(C(=O)c1ccccc1)[n+]2=O. The molecule has 0 aliphatic rings. The van der Waals surface area contributed by atoms with Gasteiger partial charge in [0.15, 0.2) is 5.69 Å². The van der Waals surface area contributed by atoms with E-state index < -0.39 is 23.6 Å². The second kappa shape index (κ2) is 5.84. The molecule has 0 radical (unpaired) electrons. The topological polar surface area (TPSA) is 68.0 Å². The lowest BCUT2D eigenvalue weighted by Crippen LogP contribution is -2.32. The minimum atomic E-state index is -3.27. The second-order valence-electron chi connectivity index (χ2n) is 5.31. The molecule has 0 aliphatic carbocycles. The Hall–Kier alpha value is -3.09. The van der Waals surface area contributed by atoms with Gasteiger partial charge < -0.3 is 9.94 Å². The van der Waals surface area contributed by atoms with E-state index in [0.29, 0.717) is 5.56 Å². The smallest absolute Gasteiger partial charge is 0.335 e. The third-order valence-electron chi connectivity index (χ3n) is 3.69. The molecule has 1 heterocycles. The molecule has 1 aromatic heterocycles. The van der Waals surface area contributed by atoms with Crippen LogP contribution in [-0.4, -0.2) is 10.5 Å². The maximum atomic E-state index is 13.4. The van der Waals surface area contributed by atoms with Gasteiger partial charge in [0.2, 0.25) is 0 Å². The lowest BCUT2D eigenvalue weighted by atomic mass is 10.1. The van der Waals surface area contributed by atoms with Crippen LogP contribution in [0, 0.1) is 17.0 Å².